The summed E-state index contributed by atoms with van der Waals surface area (Å²) in [6.07, 6.45) is 19.8. The number of nitrogens with zero attached hydrogens (tertiary/aromatic N) is 2. The monoisotopic (exact) mass is 349 g/mol. The number of carbonyl (C=O) groups is 1. The molecule has 1 aliphatic heterocycles. The van der Waals surface area contributed by atoms with Crippen molar-refractivity contribution in [2.75, 3.05) is 0 Å². The van der Waals surface area contributed by atoms with Crippen LogP contribution in [0, 0.1) is 0 Å². The van der Waals surface area contributed by atoms with Crippen molar-refractivity contribution in [2.45, 2.75) is 6.42 Å². The molecule has 2 N–H and O–H groups in total. The van der Waals surface area contributed by atoms with Gasteiger partial charge in [0.15, 0.2) is 5.75 Å². The summed E-state index contributed by atoms with van der Waals surface area (Å²) in [6, 6.07) is 7.48. The Bertz CT molecular complexity index is 815. The Hall–Kier alpha value is -3.67. The van der Waals surface area contributed by atoms with Gasteiger partial charge in [-0.25, -0.2) is 0 Å². The van der Waals surface area contributed by atoms with E-state index in [1.807, 2.05) is 48.6 Å². The number of hydrogen-bond donors (Lipinski definition) is 1. The third-order valence-electron chi connectivity index (χ3n) is 3.20. The molecule has 0 unspecified atom stereocenters. The standard InChI is InChI=1S/C20H19N3O3/c21-20(24)18-13-7-5-3-1-2-4-6-11-17-12-8-9-15-19(17)25-26-23-22-16-10-14-18/h1-10,12-16H,11H2,(H2,21,24)/b2-1+,5-3+,6-4-,13-7+,16-10+,18-14+,23-22+. The van der Waals surface area contributed by atoms with Crippen molar-refractivity contribution in [3.8, 4) is 5.75 Å². The van der Waals surface area contributed by atoms with Crippen molar-refractivity contribution in [2.24, 2.45) is 16.1 Å². The second-order valence-corrected chi connectivity index (χ2v) is 5.05. The van der Waals surface area contributed by atoms with E-state index in [4.69, 9.17) is 15.6 Å². The van der Waals surface area contributed by atoms with Crippen LogP contribution in [0.2, 0.25) is 0 Å². The summed E-state index contributed by atoms with van der Waals surface area (Å²) in [5.74, 6) is 0.0128. The molecule has 1 aromatic rings. The Labute approximate surface area is 151 Å². The van der Waals surface area contributed by atoms with E-state index in [-0.39, 0.29) is 0 Å². The molecule has 0 saturated carbocycles. The van der Waals surface area contributed by atoms with Crippen LogP contribution in [0.25, 0.3) is 0 Å². The van der Waals surface area contributed by atoms with Crippen LogP contribution in [-0.4, -0.2) is 5.91 Å². The number of primary amides is 1. The largest absolute Gasteiger partial charge is 0.366 e. The van der Waals surface area contributed by atoms with E-state index in [0.717, 1.165) is 5.56 Å². The number of para-hydroxylation sites is 1. The molecule has 0 saturated heterocycles. The molecule has 0 bridgehead atoms. The van der Waals surface area contributed by atoms with Crippen molar-refractivity contribution in [1.82, 2.24) is 0 Å². The third-order valence-corrected chi connectivity index (χ3v) is 3.20. The van der Waals surface area contributed by atoms with Gasteiger partial charge in [0.1, 0.15) is 0 Å². The molecule has 0 aromatic heterocycles. The van der Waals surface area contributed by atoms with Crippen LogP contribution in [0.4, 0.5) is 0 Å². The summed E-state index contributed by atoms with van der Waals surface area (Å²) in [5.41, 5.74) is 6.59. The molecule has 2 rings (SSSR count). The molecule has 26 heavy (non-hydrogen) atoms. The van der Waals surface area contributed by atoms with Gasteiger partial charge in [0.05, 0.1) is 11.5 Å². The lowest BCUT2D eigenvalue weighted by Gasteiger charge is -2.04. The molecule has 1 aromatic carbocycles. The molecular formula is C20H19N3O3. The van der Waals surface area contributed by atoms with Gasteiger partial charge in [-0.05, 0) is 30.7 Å². The first-order valence-electron chi connectivity index (χ1n) is 7.92. The first kappa shape index (κ1) is 18.7. The Balaban J connectivity index is 2.19. The molecule has 0 radical (unpaired) electrons. The highest BCUT2D eigenvalue weighted by Gasteiger charge is 2.02. The lowest BCUT2D eigenvalue weighted by molar-refractivity contribution is -0.215. The van der Waals surface area contributed by atoms with E-state index in [2.05, 4.69) is 10.4 Å². The predicted octanol–water partition coefficient (Wildman–Crippen LogP) is 4.07. The smallest absolute Gasteiger partial charge is 0.248 e. The molecule has 1 aliphatic rings. The lowest BCUT2D eigenvalue weighted by Crippen LogP contribution is -2.12. The van der Waals surface area contributed by atoms with E-state index in [1.54, 1.807) is 24.3 Å². The minimum atomic E-state index is -0.545. The lowest BCUT2D eigenvalue weighted by atomic mass is 10.1. The number of carbonyl (C=O) groups excluding carboxylic acids is 1. The minimum Gasteiger partial charge on any atom is -0.366 e. The van der Waals surface area contributed by atoms with Crippen molar-refractivity contribution < 1.29 is 14.7 Å². The zero-order chi connectivity index (χ0) is 18.5. The van der Waals surface area contributed by atoms with Crippen LogP contribution in [0.3, 0.4) is 0 Å². The van der Waals surface area contributed by atoms with Gasteiger partial charge in [0, 0.05) is 11.1 Å². The highest BCUT2D eigenvalue weighted by molar-refractivity contribution is 5.95. The molecule has 6 heteroatoms. The van der Waals surface area contributed by atoms with Crippen LogP contribution in [0.5, 0.6) is 5.75 Å². The Morgan fingerprint density at radius 1 is 1.00 bits per heavy atom. The molecule has 6 nitrogen and oxygen atoms in total. The van der Waals surface area contributed by atoms with Crippen LogP contribution in [0.15, 0.2) is 107 Å². The number of benzene rings is 1. The summed E-state index contributed by atoms with van der Waals surface area (Å²) in [5, 5.41) is 7.08. The van der Waals surface area contributed by atoms with Gasteiger partial charge in [-0.2, -0.15) is 0 Å². The van der Waals surface area contributed by atoms with E-state index in [1.165, 1.54) is 18.4 Å². The Kier molecular flexibility index (Phi) is 7.89. The quantitative estimate of drug-likeness (QED) is 0.775. The van der Waals surface area contributed by atoms with E-state index >= 15 is 0 Å². The van der Waals surface area contributed by atoms with Gasteiger partial charge < -0.3 is 5.73 Å². The van der Waals surface area contributed by atoms with E-state index in [0.29, 0.717) is 17.7 Å². The SMILES string of the molecule is NC(=O)C1=C/C=C/N=N/OOc2ccccc2C/C=C\C=C\C=C\C=C\1. The fourth-order valence-corrected chi connectivity index (χ4v) is 1.95. The van der Waals surface area contributed by atoms with Crippen molar-refractivity contribution >= 4 is 5.91 Å². The molecule has 1 heterocycles. The molecule has 132 valence electrons. The maximum absolute atomic E-state index is 11.4. The number of amides is 1. The second-order valence-electron chi connectivity index (χ2n) is 5.05. The summed E-state index contributed by atoms with van der Waals surface area (Å²) >= 11 is 0. The van der Waals surface area contributed by atoms with Crippen LogP contribution >= 0.6 is 0 Å². The number of allylic oxidation sites excluding steroid dienone is 9. The summed E-state index contributed by atoms with van der Waals surface area (Å²) in [6.45, 7) is 0. The highest BCUT2D eigenvalue weighted by Crippen LogP contribution is 2.19. The molecule has 0 aliphatic carbocycles. The Morgan fingerprint density at radius 3 is 2.62 bits per heavy atom. The van der Waals surface area contributed by atoms with Crippen LogP contribution in [-0.2, 0) is 16.2 Å². The zero-order valence-corrected chi connectivity index (χ0v) is 14.1. The molecule has 0 fully saturated rings. The number of hydrogen-bond acceptors (Lipinski definition) is 5. The van der Waals surface area contributed by atoms with Gasteiger partial charge in [-0.3, -0.25) is 9.68 Å². The molecule has 0 atom stereocenters. The van der Waals surface area contributed by atoms with Gasteiger partial charge in [-0.15, -0.1) is 10.1 Å². The van der Waals surface area contributed by atoms with Gasteiger partial charge in [-0.1, -0.05) is 60.7 Å². The van der Waals surface area contributed by atoms with Gasteiger partial charge >= 0.3 is 0 Å². The molecule has 1 amide bonds. The summed E-state index contributed by atoms with van der Waals surface area (Å²) in [4.78, 5) is 21.2. The number of rotatable bonds is 1. The summed E-state index contributed by atoms with van der Waals surface area (Å²) < 4.78 is 0. The third kappa shape index (κ3) is 6.84. The van der Waals surface area contributed by atoms with Crippen molar-refractivity contribution in [3.05, 3.63) is 102 Å². The van der Waals surface area contributed by atoms with Gasteiger partial charge in [0.2, 0.25) is 5.91 Å². The fourth-order valence-electron chi connectivity index (χ4n) is 1.95. The second kappa shape index (κ2) is 11.0. The summed E-state index contributed by atoms with van der Waals surface area (Å²) in [7, 11) is 0. The van der Waals surface area contributed by atoms with E-state index < -0.39 is 5.91 Å². The number of fused-ring (bicyclic) bond motifs is 1. The number of nitrogens with two attached hydrogens (primary N) is 1. The van der Waals surface area contributed by atoms with Crippen LogP contribution in [0.1, 0.15) is 5.56 Å². The maximum atomic E-state index is 11.4. The first-order valence-corrected chi connectivity index (χ1v) is 7.92. The highest BCUT2D eigenvalue weighted by atomic mass is 17.3. The first-order chi connectivity index (χ1) is 12.8. The topological polar surface area (TPSA) is 86.3 Å². The van der Waals surface area contributed by atoms with Crippen molar-refractivity contribution in [3.63, 3.8) is 0 Å². The van der Waals surface area contributed by atoms with Crippen molar-refractivity contribution in [1.29, 1.82) is 0 Å². The Morgan fingerprint density at radius 2 is 1.77 bits per heavy atom. The predicted molar refractivity (Wildman–Crippen MR) is 99.7 cm³/mol. The average molecular weight is 349 g/mol. The fraction of sp³-hybridized carbons (Fsp3) is 0.0500. The van der Waals surface area contributed by atoms with E-state index in [9.17, 15) is 4.79 Å². The normalized spacial score (nSPS) is 24.4. The van der Waals surface area contributed by atoms with Gasteiger partial charge in [0.25, 0.3) is 0 Å². The maximum Gasteiger partial charge on any atom is 0.248 e. The minimum absolute atomic E-state index is 0.328. The molecular weight excluding hydrogens is 330 g/mol. The zero-order valence-electron chi connectivity index (χ0n) is 14.1. The van der Waals surface area contributed by atoms with Crippen LogP contribution < -0.4 is 10.6 Å². The molecule has 0 spiro atoms. The average Bonchev–Trinajstić information content (AvgIpc) is 2.64.